The lowest BCUT2D eigenvalue weighted by molar-refractivity contribution is 0.468. The van der Waals surface area contributed by atoms with Gasteiger partial charge in [-0.05, 0) is 0 Å². The van der Waals surface area contributed by atoms with Crippen molar-refractivity contribution in [2.24, 2.45) is 5.10 Å². The molecular formula is C5H8N2. The lowest BCUT2D eigenvalue weighted by atomic mass is 10.4. The van der Waals surface area contributed by atoms with E-state index in [1.807, 2.05) is 13.3 Å². The highest BCUT2D eigenvalue weighted by Gasteiger charge is 2.01. The molecule has 0 saturated heterocycles. The fraction of sp³-hybridized carbons (Fsp3) is 0.400. The molecule has 0 unspecified atom stereocenters. The summed E-state index contributed by atoms with van der Waals surface area (Å²) in [6, 6.07) is 0. The number of hydrazone groups is 1. The smallest absolute Gasteiger partial charge is 0.0346 e. The molecule has 0 spiro atoms. The molecule has 0 fully saturated rings. The third kappa shape index (κ3) is 0.633. The molecule has 0 aliphatic carbocycles. The van der Waals surface area contributed by atoms with Gasteiger partial charge in [0.05, 0.1) is 0 Å². The first kappa shape index (κ1) is 4.37. The third-order valence-corrected chi connectivity index (χ3v) is 1.04. The van der Waals surface area contributed by atoms with Crippen LogP contribution in [-0.4, -0.2) is 18.3 Å². The topological polar surface area (TPSA) is 15.6 Å². The van der Waals surface area contributed by atoms with Gasteiger partial charge >= 0.3 is 0 Å². The van der Waals surface area contributed by atoms with Gasteiger partial charge in [-0.25, -0.2) is 0 Å². The van der Waals surface area contributed by atoms with E-state index in [-0.39, 0.29) is 0 Å². The molecule has 0 N–H and O–H groups in total. The molecule has 0 aromatic heterocycles. The van der Waals surface area contributed by atoms with Gasteiger partial charge in [0.2, 0.25) is 0 Å². The molecule has 38 valence electrons. The molecule has 0 saturated carbocycles. The highest BCUT2D eigenvalue weighted by Crippen LogP contribution is 2.07. The van der Waals surface area contributed by atoms with Crippen LogP contribution in [0, 0.1) is 0 Å². The standard InChI is InChI=1S/C5H8N2/c1-5-3-4-6-7(5)2/h4H,1,3H2,2H3. The van der Waals surface area contributed by atoms with Gasteiger partial charge in [-0.15, -0.1) is 0 Å². The van der Waals surface area contributed by atoms with Crippen LogP contribution >= 0.6 is 0 Å². The second-order valence-corrected chi connectivity index (χ2v) is 1.59. The summed E-state index contributed by atoms with van der Waals surface area (Å²) in [7, 11) is 1.89. The normalized spacial score (nSPS) is 19.0. The summed E-state index contributed by atoms with van der Waals surface area (Å²) in [6.07, 6.45) is 2.76. The Bertz CT molecular complexity index is 115. The van der Waals surface area contributed by atoms with Crippen molar-refractivity contribution in [3.05, 3.63) is 12.3 Å². The van der Waals surface area contributed by atoms with Gasteiger partial charge in [0.15, 0.2) is 0 Å². The lowest BCUT2D eigenvalue weighted by Crippen LogP contribution is -2.01. The van der Waals surface area contributed by atoms with Crippen LogP contribution < -0.4 is 0 Å². The molecule has 0 radical (unpaired) electrons. The van der Waals surface area contributed by atoms with E-state index in [1.54, 1.807) is 5.01 Å². The first-order chi connectivity index (χ1) is 3.30. The fourth-order valence-electron chi connectivity index (χ4n) is 0.482. The second kappa shape index (κ2) is 1.37. The van der Waals surface area contributed by atoms with Crippen LogP contribution in [0.3, 0.4) is 0 Å². The van der Waals surface area contributed by atoms with Crippen LogP contribution in [-0.2, 0) is 0 Å². The molecule has 2 heteroatoms. The van der Waals surface area contributed by atoms with Crippen molar-refractivity contribution >= 4 is 6.21 Å². The average molecular weight is 96.1 g/mol. The van der Waals surface area contributed by atoms with Gasteiger partial charge in [0.25, 0.3) is 0 Å². The molecule has 0 aromatic rings. The van der Waals surface area contributed by atoms with Crippen LogP contribution in [0.1, 0.15) is 6.42 Å². The maximum Gasteiger partial charge on any atom is 0.0346 e. The summed E-state index contributed by atoms with van der Waals surface area (Å²) in [5.74, 6) is 0. The Kier molecular flexibility index (Phi) is 0.855. The molecule has 7 heavy (non-hydrogen) atoms. The molecular weight excluding hydrogens is 88.1 g/mol. The van der Waals surface area contributed by atoms with Crippen molar-refractivity contribution in [1.29, 1.82) is 0 Å². The van der Waals surface area contributed by atoms with Crippen LogP contribution in [0.2, 0.25) is 0 Å². The zero-order valence-electron chi connectivity index (χ0n) is 4.39. The van der Waals surface area contributed by atoms with Crippen molar-refractivity contribution in [2.75, 3.05) is 7.05 Å². The first-order valence-electron chi connectivity index (χ1n) is 2.24. The number of nitrogens with zero attached hydrogens (tertiary/aromatic N) is 2. The molecule has 1 heterocycles. The number of hydrogen-bond acceptors (Lipinski definition) is 2. The van der Waals surface area contributed by atoms with Crippen LogP contribution in [0.25, 0.3) is 0 Å². The fourth-order valence-corrected chi connectivity index (χ4v) is 0.482. The SMILES string of the molecule is C=C1CC=NN1C. The summed E-state index contributed by atoms with van der Waals surface area (Å²) in [5.41, 5.74) is 1.07. The van der Waals surface area contributed by atoms with E-state index >= 15 is 0 Å². The molecule has 1 aliphatic heterocycles. The van der Waals surface area contributed by atoms with Crippen molar-refractivity contribution in [3.63, 3.8) is 0 Å². The van der Waals surface area contributed by atoms with E-state index in [0.29, 0.717) is 0 Å². The first-order valence-corrected chi connectivity index (χ1v) is 2.24. The second-order valence-electron chi connectivity index (χ2n) is 1.59. The van der Waals surface area contributed by atoms with Crippen LogP contribution in [0.5, 0.6) is 0 Å². The largest absolute Gasteiger partial charge is 0.273 e. The minimum atomic E-state index is 0.913. The summed E-state index contributed by atoms with van der Waals surface area (Å²) < 4.78 is 0. The molecule has 0 atom stereocenters. The predicted octanol–water partition coefficient (Wildman–Crippen LogP) is 0.821. The maximum absolute atomic E-state index is 3.93. The molecule has 1 aliphatic rings. The highest BCUT2D eigenvalue weighted by molar-refractivity contribution is 5.63. The van der Waals surface area contributed by atoms with E-state index in [9.17, 15) is 0 Å². The summed E-state index contributed by atoms with van der Waals surface area (Å²) in [5, 5.41) is 5.70. The molecule has 0 amide bonds. The summed E-state index contributed by atoms with van der Waals surface area (Å²) >= 11 is 0. The minimum absolute atomic E-state index is 0.913. The predicted molar refractivity (Wildman–Crippen MR) is 30.0 cm³/mol. The van der Waals surface area contributed by atoms with Gasteiger partial charge in [0, 0.05) is 25.4 Å². The van der Waals surface area contributed by atoms with Gasteiger partial charge in [-0.2, -0.15) is 5.10 Å². The molecule has 0 bridgehead atoms. The minimum Gasteiger partial charge on any atom is -0.273 e. The number of rotatable bonds is 0. The van der Waals surface area contributed by atoms with E-state index in [0.717, 1.165) is 12.1 Å². The van der Waals surface area contributed by atoms with E-state index in [2.05, 4.69) is 11.7 Å². The average Bonchev–Trinajstić information content (AvgIpc) is 1.91. The zero-order valence-corrected chi connectivity index (χ0v) is 4.39. The van der Waals surface area contributed by atoms with Crippen molar-refractivity contribution < 1.29 is 0 Å². The Morgan fingerprint density at radius 2 is 2.71 bits per heavy atom. The molecule has 2 nitrogen and oxygen atoms in total. The van der Waals surface area contributed by atoms with Gasteiger partial charge in [-0.1, -0.05) is 6.58 Å². The van der Waals surface area contributed by atoms with Crippen molar-refractivity contribution in [2.45, 2.75) is 6.42 Å². The van der Waals surface area contributed by atoms with Gasteiger partial charge in [0.1, 0.15) is 0 Å². The zero-order chi connectivity index (χ0) is 5.28. The Morgan fingerprint density at radius 3 is 2.86 bits per heavy atom. The Hall–Kier alpha value is -0.790. The number of allylic oxidation sites excluding steroid dienone is 1. The highest BCUT2D eigenvalue weighted by atomic mass is 15.5. The third-order valence-electron chi connectivity index (χ3n) is 1.04. The number of hydrogen-bond donors (Lipinski definition) is 0. The Morgan fingerprint density at radius 1 is 2.00 bits per heavy atom. The maximum atomic E-state index is 3.93. The Labute approximate surface area is 43.1 Å². The van der Waals surface area contributed by atoms with E-state index < -0.39 is 0 Å². The summed E-state index contributed by atoms with van der Waals surface area (Å²) in [4.78, 5) is 0. The van der Waals surface area contributed by atoms with E-state index in [1.165, 1.54) is 0 Å². The monoisotopic (exact) mass is 96.1 g/mol. The van der Waals surface area contributed by atoms with Crippen molar-refractivity contribution in [3.8, 4) is 0 Å². The lowest BCUT2D eigenvalue weighted by Gasteiger charge is -2.04. The van der Waals surface area contributed by atoms with Gasteiger partial charge < -0.3 is 0 Å². The van der Waals surface area contributed by atoms with E-state index in [4.69, 9.17) is 0 Å². The quantitative estimate of drug-likeness (QED) is 0.436. The van der Waals surface area contributed by atoms with Crippen molar-refractivity contribution in [1.82, 2.24) is 5.01 Å². The molecule has 1 rings (SSSR count). The van der Waals surface area contributed by atoms with Crippen LogP contribution in [0.4, 0.5) is 0 Å². The summed E-state index contributed by atoms with van der Waals surface area (Å²) in [6.45, 7) is 3.74. The van der Waals surface area contributed by atoms with Crippen LogP contribution in [0.15, 0.2) is 17.4 Å². The van der Waals surface area contributed by atoms with Gasteiger partial charge in [-0.3, -0.25) is 5.01 Å². The Balaban J connectivity index is 2.62. The molecule has 0 aromatic carbocycles.